The summed E-state index contributed by atoms with van der Waals surface area (Å²) in [6.45, 7) is 0. The number of fused-ring (bicyclic) bond motifs is 2. The highest BCUT2D eigenvalue weighted by molar-refractivity contribution is 6.20. The lowest BCUT2D eigenvalue weighted by molar-refractivity contribution is 0.103. The van der Waals surface area contributed by atoms with Crippen molar-refractivity contribution < 1.29 is 4.79 Å². The average molecular weight is 183 g/mol. The summed E-state index contributed by atoms with van der Waals surface area (Å²) in [4.78, 5) is 11.9. The van der Waals surface area contributed by atoms with E-state index in [1.165, 1.54) is 0 Å². The SMILES string of the molecule is O=C1C2=C(NC=CC2)c2ccccc21. The van der Waals surface area contributed by atoms with Gasteiger partial charge in [-0.15, -0.1) is 0 Å². The lowest BCUT2D eigenvalue weighted by atomic mass is 10.1. The molecule has 1 aromatic rings. The Morgan fingerprint density at radius 2 is 1.93 bits per heavy atom. The number of nitrogens with one attached hydrogen (secondary N) is 1. The summed E-state index contributed by atoms with van der Waals surface area (Å²) in [7, 11) is 0. The van der Waals surface area contributed by atoms with E-state index in [1.54, 1.807) is 0 Å². The number of allylic oxidation sites excluding steroid dienone is 2. The Balaban J connectivity index is 2.23. The lowest BCUT2D eigenvalue weighted by Crippen LogP contribution is -2.08. The van der Waals surface area contributed by atoms with Gasteiger partial charge in [0.25, 0.3) is 0 Å². The standard InChI is InChI=1S/C12H9NO/c14-12-9-5-2-1-4-8(9)11-10(12)6-3-7-13-11/h1-5,7,13H,6H2. The van der Waals surface area contributed by atoms with Crippen LogP contribution in [-0.4, -0.2) is 5.78 Å². The summed E-state index contributed by atoms with van der Waals surface area (Å²) < 4.78 is 0. The van der Waals surface area contributed by atoms with Crippen molar-refractivity contribution in [2.75, 3.05) is 0 Å². The summed E-state index contributed by atoms with van der Waals surface area (Å²) in [6, 6.07) is 7.74. The largest absolute Gasteiger partial charge is 0.361 e. The first kappa shape index (κ1) is 7.56. The van der Waals surface area contributed by atoms with E-state index in [4.69, 9.17) is 0 Å². The van der Waals surface area contributed by atoms with Crippen LogP contribution in [0.15, 0.2) is 42.1 Å². The zero-order chi connectivity index (χ0) is 9.54. The fourth-order valence-electron chi connectivity index (χ4n) is 2.02. The number of hydrogen-bond donors (Lipinski definition) is 1. The van der Waals surface area contributed by atoms with E-state index in [1.807, 2.05) is 36.5 Å². The normalized spacial score (nSPS) is 17.9. The third-order valence-corrected chi connectivity index (χ3v) is 2.68. The van der Waals surface area contributed by atoms with Crippen molar-refractivity contribution in [3.8, 4) is 0 Å². The van der Waals surface area contributed by atoms with Gasteiger partial charge in [0.15, 0.2) is 5.78 Å². The van der Waals surface area contributed by atoms with Crippen molar-refractivity contribution in [3.63, 3.8) is 0 Å². The van der Waals surface area contributed by atoms with Crippen molar-refractivity contribution in [2.24, 2.45) is 0 Å². The molecule has 1 aromatic carbocycles. The van der Waals surface area contributed by atoms with Crippen LogP contribution in [0.25, 0.3) is 5.70 Å². The van der Waals surface area contributed by atoms with Crippen LogP contribution < -0.4 is 5.32 Å². The molecule has 0 bridgehead atoms. The predicted molar refractivity (Wildman–Crippen MR) is 54.6 cm³/mol. The van der Waals surface area contributed by atoms with E-state index in [9.17, 15) is 4.79 Å². The fourth-order valence-corrected chi connectivity index (χ4v) is 2.02. The molecule has 0 saturated carbocycles. The minimum Gasteiger partial charge on any atom is -0.361 e. The molecule has 0 saturated heterocycles. The molecule has 2 heteroatoms. The van der Waals surface area contributed by atoms with Crippen LogP contribution in [-0.2, 0) is 0 Å². The summed E-state index contributed by atoms with van der Waals surface area (Å²) in [5, 5.41) is 3.15. The third kappa shape index (κ3) is 0.826. The van der Waals surface area contributed by atoms with Crippen molar-refractivity contribution in [1.29, 1.82) is 0 Å². The smallest absolute Gasteiger partial charge is 0.192 e. The number of carbonyl (C=O) groups is 1. The molecule has 0 amide bonds. The molecule has 0 radical (unpaired) electrons. The second kappa shape index (κ2) is 2.58. The van der Waals surface area contributed by atoms with Gasteiger partial charge in [0.05, 0.1) is 5.70 Å². The van der Waals surface area contributed by atoms with E-state index in [2.05, 4.69) is 5.32 Å². The van der Waals surface area contributed by atoms with Gasteiger partial charge in [0.1, 0.15) is 0 Å². The van der Waals surface area contributed by atoms with Crippen LogP contribution in [0, 0.1) is 0 Å². The van der Waals surface area contributed by atoms with E-state index in [-0.39, 0.29) is 5.78 Å². The Morgan fingerprint density at radius 3 is 2.79 bits per heavy atom. The summed E-state index contributed by atoms with van der Waals surface area (Å²) >= 11 is 0. The molecule has 2 aliphatic rings. The highest BCUT2D eigenvalue weighted by Crippen LogP contribution is 2.34. The number of rotatable bonds is 0. The molecule has 1 aliphatic heterocycles. The van der Waals surface area contributed by atoms with Crippen LogP contribution >= 0.6 is 0 Å². The highest BCUT2D eigenvalue weighted by Gasteiger charge is 2.28. The van der Waals surface area contributed by atoms with E-state index in [0.29, 0.717) is 0 Å². The summed E-state index contributed by atoms with van der Waals surface area (Å²) in [6.07, 6.45) is 4.62. The van der Waals surface area contributed by atoms with Gasteiger partial charge < -0.3 is 5.32 Å². The number of ketones is 1. The first-order valence-corrected chi connectivity index (χ1v) is 4.67. The van der Waals surface area contributed by atoms with Crippen LogP contribution in [0.1, 0.15) is 22.3 Å². The van der Waals surface area contributed by atoms with E-state index >= 15 is 0 Å². The molecule has 0 unspecified atom stereocenters. The van der Waals surface area contributed by atoms with Gasteiger partial charge in [-0.05, 0) is 12.6 Å². The Kier molecular flexibility index (Phi) is 1.39. The van der Waals surface area contributed by atoms with Crippen LogP contribution in [0.3, 0.4) is 0 Å². The fraction of sp³-hybridized carbons (Fsp3) is 0.0833. The van der Waals surface area contributed by atoms with Crippen molar-refractivity contribution in [3.05, 3.63) is 53.2 Å². The topological polar surface area (TPSA) is 29.1 Å². The van der Waals surface area contributed by atoms with Crippen molar-refractivity contribution in [1.82, 2.24) is 5.32 Å². The molecule has 68 valence electrons. The maximum absolute atomic E-state index is 11.9. The quantitative estimate of drug-likeness (QED) is 0.667. The Hall–Kier alpha value is -1.83. The first-order chi connectivity index (χ1) is 6.88. The van der Waals surface area contributed by atoms with E-state index < -0.39 is 0 Å². The molecule has 0 aromatic heterocycles. The molecule has 0 spiro atoms. The first-order valence-electron chi connectivity index (χ1n) is 4.67. The molecule has 14 heavy (non-hydrogen) atoms. The van der Waals surface area contributed by atoms with Crippen molar-refractivity contribution in [2.45, 2.75) is 6.42 Å². The maximum atomic E-state index is 11.9. The minimum atomic E-state index is 0.174. The van der Waals surface area contributed by atoms with Gasteiger partial charge in [-0.3, -0.25) is 4.79 Å². The summed E-state index contributed by atoms with van der Waals surface area (Å²) in [5.74, 6) is 0.174. The number of hydrogen-bond acceptors (Lipinski definition) is 2. The number of benzene rings is 1. The van der Waals surface area contributed by atoms with Gasteiger partial charge in [0, 0.05) is 16.7 Å². The number of dihydropyridines is 1. The third-order valence-electron chi connectivity index (χ3n) is 2.68. The average Bonchev–Trinajstić information content (AvgIpc) is 2.55. The Morgan fingerprint density at radius 1 is 1.14 bits per heavy atom. The lowest BCUT2D eigenvalue weighted by Gasteiger charge is -2.09. The number of carbonyl (C=O) groups excluding carboxylic acids is 1. The zero-order valence-electron chi connectivity index (χ0n) is 7.58. The van der Waals surface area contributed by atoms with Gasteiger partial charge >= 0.3 is 0 Å². The van der Waals surface area contributed by atoms with Crippen LogP contribution in [0.2, 0.25) is 0 Å². The second-order valence-corrected chi connectivity index (χ2v) is 3.48. The molecular formula is C12H9NO. The van der Waals surface area contributed by atoms with Gasteiger partial charge in [-0.1, -0.05) is 30.3 Å². The summed E-state index contributed by atoms with van der Waals surface area (Å²) in [5.41, 5.74) is 3.76. The van der Waals surface area contributed by atoms with Crippen molar-refractivity contribution >= 4 is 11.5 Å². The predicted octanol–water partition coefficient (Wildman–Crippen LogP) is 2.10. The monoisotopic (exact) mass is 183 g/mol. The molecule has 0 fully saturated rings. The minimum absolute atomic E-state index is 0.174. The molecule has 1 N–H and O–H groups in total. The second-order valence-electron chi connectivity index (χ2n) is 3.48. The zero-order valence-corrected chi connectivity index (χ0v) is 7.58. The Labute approximate surface area is 81.9 Å². The molecular weight excluding hydrogens is 174 g/mol. The van der Waals surface area contributed by atoms with Gasteiger partial charge in [-0.2, -0.15) is 0 Å². The molecule has 2 nitrogen and oxygen atoms in total. The van der Waals surface area contributed by atoms with E-state index in [0.717, 1.165) is 28.8 Å². The van der Waals surface area contributed by atoms with Gasteiger partial charge in [0.2, 0.25) is 0 Å². The van der Waals surface area contributed by atoms with Crippen LogP contribution in [0.4, 0.5) is 0 Å². The highest BCUT2D eigenvalue weighted by atomic mass is 16.1. The van der Waals surface area contributed by atoms with Crippen LogP contribution in [0.5, 0.6) is 0 Å². The molecule has 1 heterocycles. The van der Waals surface area contributed by atoms with Gasteiger partial charge in [-0.25, -0.2) is 0 Å². The number of Topliss-reactive ketones (excluding diaryl/α,β-unsaturated/α-hetero) is 1. The maximum Gasteiger partial charge on any atom is 0.192 e. The Bertz CT molecular complexity index is 483. The molecule has 1 aliphatic carbocycles. The molecule has 0 atom stereocenters. The molecule has 3 rings (SSSR count).